The molecular weight excluding hydrogens is 214 g/mol. The zero-order valence-corrected chi connectivity index (χ0v) is 10.5. The quantitative estimate of drug-likeness (QED) is 0.802. The molecule has 0 aliphatic carbocycles. The average Bonchev–Trinajstić information content (AvgIpc) is 2.81. The van der Waals surface area contributed by atoms with Gasteiger partial charge in [0.25, 0.3) is 5.91 Å². The van der Waals surface area contributed by atoms with E-state index in [1.165, 1.54) is 0 Å². The lowest BCUT2D eigenvalue weighted by Gasteiger charge is -2.21. The molecule has 0 radical (unpaired) electrons. The second-order valence-corrected chi connectivity index (χ2v) is 4.61. The number of carbonyl (C=O) groups excluding carboxylic acids is 1. The Balaban J connectivity index is 1.96. The van der Waals surface area contributed by atoms with E-state index in [0.717, 1.165) is 37.2 Å². The summed E-state index contributed by atoms with van der Waals surface area (Å²) in [5, 5.41) is 0. The first-order chi connectivity index (χ1) is 8.16. The predicted molar refractivity (Wildman–Crippen MR) is 67.1 cm³/mol. The molecule has 0 N–H and O–H groups in total. The van der Waals surface area contributed by atoms with Crippen LogP contribution in [0.4, 0.5) is 0 Å². The molecule has 1 saturated heterocycles. The molecule has 1 aromatic carbocycles. The molecule has 1 atom stereocenters. The molecule has 0 spiro atoms. The van der Waals surface area contributed by atoms with Crippen LogP contribution in [0, 0.1) is 6.92 Å². The molecule has 1 aliphatic rings. The van der Waals surface area contributed by atoms with E-state index >= 15 is 0 Å². The summed E-state index contributed by atoms with van der Waals surface area (Å²) in [6, 6.07) is 7.80. The highest BCUT2D eigenvalue weighted by Crippen LogP contribution is 2.16. The molecule has 1 fully saturated rings. The van der Waals surface area contributed by atoms with Crippen molar-refractivity contribution in [1.82, 2.24) is 4.90 Å². The van der Waals surface area contributed by atoms with Crippen molar-refractivity contribution < 1.29 is 9.53 Å². The number of hydrogen-bond acceptors (Lipinski definition) is 2. The summed E-state index contributed by atoms with van der Waals surface area (Å²) in [6.07, 6.45) is 1.83. The van der Waals surface area contributed by atoms with Crippen LogP contribution < -0.4 is 4.74 Å². The van der Waals surface area contributed by atoms with Gasteiger partial charge in [0.2, 0.25) is 0 Å². The summed E-state index contributed by atoms with van der Waals surface area (Å²) in [5.41, 5.74) is 1.14. The molecule has 2 rings (SSSR count). The maximum absolute atomic E-state index is 12.0. The van der Waals surface area contributed by atoms with Crippen molar-refractivity contribution in [2.75, 3.05) is 13.1 Å². The standard InChI is InChI=1S/C14H19NO2/c1-11-6-5-7-13(10-11)17-12(2)14(16)15-8-3-4-9-15/h5-7,10,12H,3-4,8-9H2,1-2H3/t12-/m0/s1. The van der Waals surface area contributed by atoms with Crippen molar-refractivity contribution in [3.05, 3.63) is 29.8 Å². The van der Waals surface area contributed by atoms with Crippen molar-refractivity contribution in [1.29, 1.82) is 0 Å². The van der Waals surface area contributed by atoms with Gasteiger partial charge in [-0.2, -0.15) is 0 Å². The summed E-state index contributed by atoms with van der Waals surface area (Å²) in [4.78, 5) is 13.9. The highest BCUT2D eigenvalue weighted by molar-refractivity contribution is 5.81. The van der Waals surface area contributed by atoms with Crippen LogP contribution in [0.1, 0.15) is 25.3 Å². The molecule has 0 bridgehead atoms. The van der Waals surface area contributed by atoms with Crippen LogP contribution in [0.3, 0.4) is 0 Å². The van der Waals surface area contributed by atoms with Gasteiger partial charge in [0.1, 0.15) is 5.75 Å². The maximum Gasteiger partial charge on any atom is 0.263 e. The van der Waals surface area contributed by atoms with Crippen molar-refractivity contribution in [2.45, 2.75) is 32.8 Å². The van der Waals surface area contributed by atoms with E-state index in [9.17, 15) is 4.79 Å². The zero-order chi connectivity index (χ0) is 12.3. The number of amides is 1. The van der Waals surface area contributed by atoms with Gasteiger partial charge in [-0.25, -0.2) is 0 Å². The van der Waals surface area contributed by atoms with Gasteiger partial charge in [-0.3, -0.25) is 4.79 Å². The fourth-order valence-corrected chi connectivity index (χ4v) is 2.14. The Labute approximate surface area is 102 Å². The van der Waals surface area contributed by atoms with Gasteiger partial charge in [-0.05, 0) is 44.4 Å². The monoisotopic (exact) mass is 233 g/mol. The van der Waals surface area contributed by atoms with Crippen LogP contribution in [0.25, 0.3) is 0 Å². The lowest BCUT2D eigenvalue weighted by molar-refractivity contribution is -0.136. The summed E-state index contributed by atoms with van der Waals surface area (Å²) in [5.74, 6) is 0.869. The number of benzene rings is 1. The van der Waals surface area contributed by atoms with Gasteiger partial charge < -0.3 is 9.64 Å². The van der Waals surface area contributed by atoms with Gasteiger partial charge in [0.05, 0.1) is 0 Å². The number of hydrogen-bond donors (Lipinski definition) is 0. The number of aryl methyl sites for hydroxylation is 1. The third-order valence-corrected chi connectivity index (χ3v) is 3.07. The van der Waals surface area contributed by atoms with Gasteiger partial charge in [0.15, 0.2) is 6.10 Å². The third kappa shape index (κ3) is 2.99. The molecule has 0 saturated carbocycles. The largest absolute Gasteiger partial charge is 0.481 e. The Kier molecular flexibility index (Phi) is 3.67. The lowest BCUT2D eigenvalue weighted by atomic mass is 10.2. The van der Waals surface area contributed by atoms with Gasteiger partial charge >= 0.3 is 0 Å². The normalized spacial score (nSPS) is 16.9. The van der Waals surface area contributed by atoms with E-state index in [0.29, 0.717) is 0 Å². The van der Waals surface area contributed by atoms with E-state index < -0.39 is 6.10 Å². The smallest absolute Gasteiger partial charge is 0.263 e. The van der Waals surface area contributed by atoms with Crippen LogP contribution in [0.15, 0.2) is 24.3 Å². The molecule has 3 nitrogen and oxygen atoms in total. The molecule has 0 aromatic heterocycles. The molecule has 17 heavy (non-hydrogen) atoms. The Hall–Kier alpha value is -1.51. The van der Waals surface area contributed by atoms with Crippen LogP contribution in [0.2, 0.25) is 0 Å². The Morgan fingerprint density at radius 2 is 2.06 bits per heavy atom. The number of likely N-dealkylation sites (tertiary alicyclic amines) is 1. The van der Waals surface area contributed by atoms with Crippen LogP contribution >= 0.6 is 0 Å². The minimum Gasteiger partial charge on any atom is -0.481 e. The SMILES string of the molecule is Cc1cccc(O[C@@H](C)C(=O)N2CCCC2)c1. The van der Waals surface area contributed by atoms with Crippen molar-refractivity contribution in [3.8, 4) is 5.75 Å². The predicted octanol–water partition coefficient (Wildman–Crippen LogP) is 2.38. The fourth-order valence-electron chi connectivity index (χ4n) is 2.14. The number of nitrogens with zero attached hydrogens (tertiary/aromatic N) is 1. The number of rotatable bonds is 3. The van der Waals surface area contributed by atoms with E-state index in [1.807, 2.05) is 43.0 Å². The third-order valence-electron chi connectivity index (χ3n) is 3.07. The molecule has 1 amide bonds. The van der Waals surface area contributed by atoms with Crippen molar-refractivity contribution in [3.63, 3.8) is 0 Å². The molecule has 0 unspecified atom stereocenters. The summed E-state index contributed by atoms with van der Waals surface area (Å²) in [6.45, 7) is 5.59. The summed E-state index contributed by atoms with van der Waals surface area (Å²) in [7, 11) is 0. The minimum atomic E-state index is -0.394. The molecule has 1 heterocycles. The van der Waals surface area contributed by atoms with E-state index in [4.69, 9.17) is 4.74 Å². The van der Waals surface area contributed by atoms with Crippen LogP contribution in [0.5, 0.6) is 5.75 Å². The second-order valence-electron chi connectivity index (χ2n) is 4.61. The molecule has 92 valence electrons. The second kappa shape index (κ2) is 5.21. The first kappa shape index (κ1) is 12.0. The topological polar surface area (TPSA) is 29.5 Å². The van der Waals surface area contributed by atoms with E-state index in [1.54, 1.807) is 0 Å². The molecule has 1 aliphatic heterocycles. The average molecular weight is 233 g/mol. The maximum atomic E-state index is 12.0. The van der Waals surface area contributed by atoms with Gasteiger partial charge in [0, 0.05) is 13.1 Å². The van der Waals surface area contributed by atoms with Crippen LogP contribution in [-0.4, -0.2) is 30.0 Å². The highest BCUT2D eigenvalue weighted by Gasteiger charge is 2.24. The molecule has 1 aromatic rings. The fraction of sp³-hybridized carbons (Fsp3) is 0.500. The summed E-state index contributed by atoms with van der Waals surface area (Å²) >= 11 is 0. The van der Waals surface area contributed by atoms with E-state index in [2.05, 4.69) is 0 Å². The van der Waals surface area contributed by atoms with Gasteiger partial charge in [-0.15, -0.1) is 0 Å². The number of ether oxygens (including phenoxy) is 1. The Bertz CT molecular complexity index is 397. The molecular formula is C14H19NO2. The Morgan fingerprint density at radius 1 is 1.35 bits per heavy atom. The summed E-state index contributed by atoms with van der Waals surface area (Å²) < 4.78 is 5.68. The molecule has 3 heteroatoms. The van der Waals surface area contributed by atoms with Gasteiger partial charge in [-0.1, -0.05) is 12.1 Å². The van der Waals surface area contributed by atoms with Crippen molar-refractivity contribution >= 4 is 5.91 Å². The van der Waals surface area contributed by atoms with Crippen LogP contribution in [-0.2, 0) is 4.79 Å². The lowest BCUT2D eigenvalue weighted by Crippen LogP contribution is -2.38. The Morgan fingerprint density at radius 3 is 2.71 bits per heavy atom. The van der Waals surface area contributed by atoms with E-state index in [-0.39, 0.29) is 5.91 Å². The minimum absolute atomic E-state index is 0.101. The first-order valence-corrected chi connectivity index (χ1v) is 6.19. The highest BCUT2D eigenvalue weighted by atomic mass is 16.5. The van der Waals surface area contributed by atoms with Crippen molar-refractivity contribution in [2.24, 2.45) is 0 Å². The number of carbonyl (C=O) groups is 1. The zero-order valence-electron chi connectivity index (χ0n) is 10.5. The first-order valence-electron chi connectivity index (χ1n) is 6.19.